The average molecular weight is 442 g/mol. The van der Waals surface area contributed by atoms with Crippen LogP contribution in [-0.2, 0) is 16.1 Å². The van der Waals surface area contributed by atoms with E-state index in [0.29, 0.717) is 57.9 Å². The summed E-state index contributed by atoms with van der Waals surface area (Å²) >= 11 is 0. The molecule has 0 radical (unpaired) electrons. The molecule has 7 nitrogen and oxygen atoms in total. The van der Waals surface area contributed by atoms with E-state index < -0.39 is 0 Å². The number of carbonyl (C=O) groups is 2. The fourth-order valence-electron chi connectivity index (χ4n) is 3.94. The van der Waals surface area contributed by atoms with Crippen LogP contribution in [0.4, 0.5) is 4.39 Å². The first-order valence-corrected chi connectivity index (χ1v) is 11.0. The maximum atomic E-state index is 13.0. The number of benzene rings is 2. The molecule has 8 heteroatoms. The highest BCUT2D eigenvalue weighted by atomic mass is 19.1. The summed E-state index contributed by atoms with van der Waals surface area (Å²) in [4.78, 5) is 26.8. The number of piperidine rings is 1. The fourth-order valence-corrected chi connectivity index (χ4v) is 3.94. The van der Waals surface area contributed by atoms with E-state index in [4.69, 9.17) is 9.47 Å². The highest BCUT2D eigenvalue weighted by Crippen LogP contribution is 2.30. The first-order chi connectivity index (χ1) is 15.6. The maximum absolute atomic E-state index is 13.0. The lowest BCUT2D eigenvalue weighted by atomic mass is 9.96. The van der Waals surface area contributed by atoms with Crippen molar-refractivity contribution in [2.24, 2.45) is 5.92 Å². The number of likely N-dealkylation sites (tertiary alicyclic amines) is 1. The third kappa shape index (κ3) is 5.97. The molecule has 1 saturated heterocycles. The van der Waals surface area contributed by atoms with E-state index in [2.05, 4.69) is 15.5 Å². The Bertz CT molecular complexity index is 929. The predicted octanol–water partition coefficient (Wildman–Crippen LogP) is 2.11. The Labute approximate surface area is 186 Å². The van der Waals surface area contributed by atoms with Crippen LogP contribution in [0, 0.1) is 11.7 Å². The predicted molar refractivity (Wildman–Crippen MR) is 117 cm³/mol. The van der Waals surface area contributed by atoms with Gasteiger partial charge in [0.15, 0.2) is 11.5 Å². The molecular formula is C24H28FN3O4. The van der Waals surface area contributed by atoms with Gasteiger partial charge in [0.05, 0.1) is 13.1 Å². The molecule has 32 heavy (non-hydrogen) atoms. The summed E-state index contributed by atoms with van der Waals surface area (Å²) in [5.41, 5.74) is 0.865. The number of fused-ring (bicyclic) bond motifs is 1. The number of para-hydroxylation sites is 2. The number of rotatable bonds is 7. The molecule has 4 rings (SSSR count). The van der Waals surface area contributed by atoms with Gasteiger partial charge in [0, 0.05) is 12.5 Å². The highest BCUT2D eigenvalue weighted by Gasteiger charge is 2.26. The van der Waals surface area contributed by atoms with E-state index in [9.17, 15) is 14.0 Å². The van der Waals surface area contributed by atoms with Gasteiger partial charge in [-0.15, -0.1) is 0 Å². The molecule has 0 aliphatic carbocycles. The van der Waals surface area contributed by atoms with Crippen LogP contribution >= 0.6 is 0 Å². The molecular weight excluding hydrogens is 413 g/mol. The molecule has 1 atom stereocenters. The minimum atomic E-state index is -0.290. The summed E-state index contributed by atoms with van der Waals surface area (Å²) in [5.74, 6) is 1.00. The van der Waals surface area contributed by atoms with Crippen LogP contribution in [0.25, 0.3) is 0 Å². The molecule has 2 amide bonds. The van der Waals surface area contributed by atoms with Crippen molar-refractivity contribution in [2.75, 3.05) is 32.8 Å². The van der Waals surface area contributed by atoms with Crippen molar-refractivity contribution in [3.63, 3.8) is 0 Å². The molecule has 2 aliphatic rings. The van der Waals surface area contributed by atoms with Gasteiger partial charge in [-0.2, -0.15) is 0 Å². The second-order valence-corrected chi connectivity index (χ2v) is 8.20. The third-order valence-electron chi connectivity index (χ3n) is 5.80. The van der Waals surface area contributed by atoms with Gasteiger partial charge in [0.1, 0.15) is 18.5 Å². The molecule has 2 aliphatic heterocycles. The van der Waals surface area contributed by atoms with Crippen molar-refractivity contribution in [2.45, 2.75) is 25.5 Å². The lowest BCUT2D eigenvalue weighted by Crippen LogP contribution is -2.47. The minimum Gasteiger partial charge on any atom is -0.486 e. The number of amides is 2. The number of hydrogen-bond acceptors (Lipinski definition) is 5. The second-order valence-electron chi connectivity index (χ2n) is 8.20. The normalized spacial score (nSPS) is 18.7. The van der Waals surface area contributed by atoms with Gasteiger partial charge in [-0.1, -0.05) is 24.3 Å². The molecule has 2 heterocycles. The van der Waals surface area contributed by atoms with Gasteiger partial charge >= 0.3 is 0 Å². The number of halogens is 1. The molecule has 0 saturated carbocycles. The van der Waals surface area contributed by atoms with E-state index in [0.717, 1.165) is 11.3 Å². The second kappa shape index (κ2) is 10.5. The summed E-state index contributed by atoms with van der Waals surface area (Å²) in [7, 11) is 0. The molecule has 170 valence electrons. The van der Waals surface area contributed by atoms with Crippen LogP contribution < -0.4 is 20.1 Å². The fraction of sp³-hybridized carbons (Fsp3) is 0.417. The van der Waals surface area contributed by atoms with E-state index in [1.165, 1.54) is 12.1 Å². The van der Waals surface area contributed by atoms with Gasteiger partial charge in [0.2, 0.25) is 11.8 Å². The third-order valence-corrected chi connectivity index (χ3v) is 5.80. The van der Waals surface area contributed by atoms with E-state index in [1.807, 2.05) is 24.3 Å². The number of nitrogens with zero attached hydrogens (tertiary/aromatic N) is 1. The van der Waals surface area contributed by atoms with Crippen LogP contribution in [0.1, 0.15) is 18.4 Å². The standard InChI is InChI=1S/C24H28FN3O4/c25-19-7-5-17(6-8-19)13-27-24(30)18-9-11-28(12-10-18)15-23(29)26-14-20-16-31-21-3-1-2-4-22(21)32-20/h1-8,18,20H,9-16H2,(H,26,29)(H,27,30). The Balaban J connectivity index is 1.13. The summed E-state index contributed by atoms with van der Waals surface area (Å²) in [6.45, 7) is 2.86. The first kappa shape index (κ1) is 22.1. The van der Waals surface area contributed by atoms with Crippen molar-refractivity contribution in [3.8, 4) is 11.5 Å². The topological polar surface area (TPSA) is 79.9 Å². The largest absolute Gasteiger partial charge is 0.486 e. The van der Waals surface area contributed by atoms with E-state index in [-0.39, 0.29) is 29.7 Å². The van der Waals surface area contributed by atoms with Gasteiger partial charge in [-0.3, -0.25) is 14.5 Å². The lowest BCUT2D eigenvalue weighted by molar-refractivity contribution is -0.127. The zero-order valence-corrected chi connectivity index (χ0v) is 17.9. The van der Waals surface area contributed by atoms with Gasteiger partial charge in [-0.25, -0.2) is 4.39 Å². The molecule has 0 aromatic heterocycles. The Morgan fingerprint density at radius 3 is 2.47 bits per heavy atom. The molecule has 2 aromatic rings. The number of carbonyl (C=O) groups excluding carboxylic acids is 2. The molecule has 1 fully saturated rings. The summed E-state index contributed by atoms with van der Waals surface area (Å²) in [5, 5.41) is 5.84. The highest BCUT2D eigenvalue weighted by molar-refractivity contribution is 5.79. The van der Waals surface area contributed by atoms with Crippen molar-refractivity contribution >= 4 is 11.8 Å². The number of nitrogens with one attached hydrogen (secondary N) is 2. The lowest BCUT2D eigenvalue weighted by Gasteiger charge is -2.31. The molecule has 2 N–H and O–H groups in total. The Kier molecular flexibility index (Phi) is 7.21. The van der Waals surface area contributed by atoms with Gasteiger partial charge in [0.25, 0.3) is 0 Å². The Hall–Kier alpha value is -3.13. The van der Waals surface area contributed by atoms with Gasteiger partial charge < -0.3 is 20.1 Å². The van der Waals surface area contributed by atoms with Crippen LogP contribution in [-0.4, -0.2) is 55.6 Å². The van der Waals surface area contributed by atoms with Crippen LogP contribution in [0.15, 0.2) is 48.5 Å². The maximum Gasteiger partial charge on any atom is 0.234 e. The average Bonchev–Trinajstić information content (AvgIpc) is 2.82. The van der Waals surface area contributed by atoms with E-state index in [1.54, 1.807) is 12.1 Å². The molecule has 0 bridgehead atoms. The van der Waals surface area contributed by atoms with Crippen molar-refractivity contribution in [3.05, 3.63) is 59.9 Å². The number of ether oxygens (including phenoxy) is 2. The van der Waals surface area contributed by atoms with Crippen molar-refractivity contribution < 1.29 is 23.5 Å². The van der Waals surface area contributed by atoms with Gasteiger partial charge in [-0.05, 0) is 55.8 Å². The Morgan fingerprint density at radius 1 is 1.00 bits per heavy atom. The molecule has 1 unspecified atom stereocenters. The summed E-state index contributed by atoms with van der Waals surface area (Å²) in [6.07, 6.45) is 1.20. The number of hydrogen-bond donors (Lipinski definition) is 2. The van der Waals surface area contributed by atoms with Crippen LogP contribution in [0.3, 0.4) is 0 Å². The smallest absolute Gasteiger partial charge is 0.234 e. The monoisotopic (exact) mass is 441 g/mol. The van der Waals surface area contributed by atoms with E-state index >= 15 is 0 Å². The van der Waals surface area contributed by atoms with Crippen molar-refractivity contribution in [1.82, 2.24) is 15.5 Å². The zero-order chi connectivity index (χ0) is 22.3. The molecule has 0 spiro atoms. The SMILES string of the molecule is O=C(CN1CCC(C(=O)NCc2ccc(F)cc2)CC1)NCC1COc2ccccc2O1. The summed E-state index contributed by atoms with van der Waals surface area (Å²) in [6, 6.07) is 13.6. The zero-order valence-electron chi connectivity index (χ0n) is 17.9. The van der Waals surface area contributed by atoms with Crippen LogP contribution in [0.5, 0.6) is 11.5 Å². The molecule has 2 aromatic carbocycles. The van der Waals surface area contributed by atoms with Crippen LogP contribution in [0.2, 0.25) is 0 Å². The summed E-state index contributed by atoms with van der Waals surface area (Å²) < 4.78 is 24.5. The minimum absolute atomic E-state index is 0.00755. The quantitative estimate of drug-likeness (QED) is 0.688. The Morgan fingerprint density at radius 2 is 1.72 bits per heavy atom. The van der Waals surface area contributed by atoms with Crippen molar-refractivity contribution in [1.29, 1.82) is 0 Å². The first-order valence-electron chi connectivity index (χ1n) is 11.0.